The molecule has 3 aromatic rings. The Balaban J connectivity index is 1.82. The van der Waals surface area contributed by atoms with E-state index in [4.69, 9.17) is 0 Å². The zero-order valence-corrected chi connectivity index (χ0v) is 13.8. The number of hydrogen-bond acceptors (Lipinski definition) is 2. The number of nitrogens with zero attached hydrogens (tertiary/aromatic N) is 1. The summed E-state index contributed by atoms with van der Waals surface area (Å²) >= 11 is 1.82. The second-order valence-corrected chi connectivity index (χ2v) is 7.18. The van der Waals surface area contributed by atoms with Crippen LogP contribution in [0.1, 0.15) is 22.3 Å². The SMILES string of the molecule is Cc1cc(C)cc(Sn2cc3c4c(cccc42)CNCC3)c1. The van der Waals surface area contributed by atoms with Crippen molar-refractivity contribution in [1.29, 1.82) is 0 Å². The number of hydrogen-bond donors (Lipinski definition) is 1. The lowest BCUT2D eigenvalue weighted by Crippen LogP contribution is -2.13. The third kappa shape index (κ3) is 2.44. The van der Waals surface area contributed by atoms with Gasteiger partial charge in [-0.1, -0.05) is 18.2 Å². The maximum Gasteiger partial charge on any atom is 0.0600 e. The molecular formula is C19H20N2S. The summed E-state index contributed by atoms with van der Waals surface area (Å²) in [5, 5.41) is 4.96. The molecule has 3 heteroatoms. The molecule has 2 nitrogen and oxygen atoms in total. The largest absolute Gasteiger partial charge is 0.312 e. The van der Waals surface area contributed by atoms with Gasteiger partial charge in [-0.25, -0.2) is 0 Å². The van der Waals surface area contributed by atoms with E-state index >= 15 is 0 Å². The van der Waals surface area contributed by atoms with Crippen molar-refractivity contribution < 1.29 is 0 Å². The van der Waals surface area contributed by atoms with Crippen molar-refractivity contribution in [3.8, 4) is 0 Å². The van der Waals surface area contributed by atoms with Crippen molar-refractivity contribution in [2.75, 3.05) is 6.54 Å². The van der Waals surface area contributed by atoms with Gasteiger partial charge in [-0.05, 0) is 79.2 Å². The number of nitrogens with one attached hydrogen (secondary N) is 1. The lowest BCUT2D eigenvalue weighted by atomic mass is 10.1. The van der Waals surface area contributed by atoms with Crippen LogP contribution in [0.25, 0.3) is 10.9 Å². The Labute approximate surface area is 135 Å². The molecule has 0 saturated carbocycles. The Morgan fingerprint density at radius 1 is 1.05 bits per heavy atom. The lowest BCUT2D eigenvalue weighted by molar-refractivity contribution is 0.701. The van der Waals surface area contributed by atoms with Gasteiger partial charge in [0.2, 0.25) is 0 Å². The summed E-state index contributed by atoms with van der Waals surface area (Å²) in [5.41, 5.74) is 6.87. The molecule has 1 aliphatic rings. The molecule has 0 unspecified atom stereocenters. The van der Waals surface area contributed by atoms with E-state index < -0.39 is 0 Å². The van der Waals surface area contributed by atoms with Crippen molar-refractivity contribution in [1.82, 2.24) is 9.29 Å². The van der Waals surface area contributed by atoms with Crippen molar-refractivity contribution in [3.63, 3.8) is 0 Å². The van der Waals surface area contributed by atoms with E-state index in [2.05, 4.69) is 65.7 Å². The molecule has 2 heterocycles. The maximum atomic E-state index is 3.51. The van der Waals surface area contributed by atoms with Crippen LogP contribution < -0.4 is 5.32 Å². The number of aryl methyl sites for hydroxylation is 2. The standard InChI is InChI=1S/C19H20N2S/c1-13-8-14(2)10-17(9-13)22-21-12-16-6-7-20-11-15-4-3-5-18(21)19(15)16/h3-5,8-10,12,20H,6-7,11H2,1-2H3. The molecule has 0 atom stereocenters. The minimum absolute atomic E-state index is 0.975. The monoisotopic (exact) mass is 308 g/mol. The van der Waals surface area contributed by atoms with E-state index in [1.54, 1.807) is 0 Å². The predicted molar refractivity (Wildman–Crippen MR) is 94.5 cm³/mol. The average Bonchev–Trinajstić information content (AvgIpc) is 2.68. The van der Waals surface area contributed by atoms with Crippen LogP contribution in [0, 0.1) is 13.8 Å². The molecule has 4 rings (SSSR count). The quantitative estimate of drug-likeness (QED) is 0.753. The van der Waals surface area contributed by atoms with Gasteiger partial charge in [0, 0.05) is 23.0 Å². The zero-order chi connectivity index (χ0) is 15.1. The molecule has 2 aromatic carbocycles. The number of rotatable bonds is 2. The van der Waals surface area contributed by atoms with Crippen LogP contribution in [0.15, 0.2) is 47.5 Å². The molecule has 112 valence electrons. The summed E-state index contributed by atoms with van der Waals surface area (Å²) in [6, 6.07) is 13.4. The van der Waals surface area contributed by atoms with Crippen LogP contribution in [0.2, 0.25) is 0 Å². The summed E-state index contributed by atoms with van der Waals surface area (Å²) in [6.45, 7) is 6.36. The smallest absolute Gasteiger partial charge is 0.0600 e. The number of aromatic nitrogens is 1. The normalized spacial score (nSPS) is 14.3. The second-order valence-electron chi connectivity index (χ2n) is 6.13. The molecule has 1 aliphatic heterocycles. The van der Waals surface area contributed by atoms with Gasteiger partial charge in [0.1, 0.15) is 0 Å². The van der Waals surface area contributed by atoms with Crippen LogP contribution in [0.4, 0.5) is 0 Å². The Morgan fingerprint density at radius 2 is 1.86 bits per heavy atom. The number of benzene rings is 2. The van der Waals surface area contributed by atoms with E-state index in [9.17, 15) is 0 Å². The second kappa shape index (κ2) is 5.49. The fourth-order valence-electron chi connectivity index (χ4n) is 3.37. The van der Waals surface area contributed by atoms with E-state index in [1.807, 2.05) is 11.9 Å². The molecule has 1 N–H and O–H groups in total. The predicted octanol–water partition coefficient (Wildman–Crippen LogP) is 4.46. The molecule has 0 amide bonds. The van der Waals surface area contributed by atoms with Crippen molar-refractivity contribution in [2.24, 2.45) is 0 Å². The molecule has 0 spiro atoms. The van der Waals surface area contributed by atoms with Gasteiger partial charge in [0.15, 0.2) is 0 Å². The van der Waals surface area contributed by atoms with Crippen molar-refractivity contribution in [2.45, 2.75) is 31.7 Å². The molecule has 0 saturated heterocycles. The zero-order valence-electron chi connectivity index (χ0n) is 13.0. The highest BCUT2D eigenvalue weighted by molar-refractivity contribution is 7.98. The molecule has 0 aliphatic carbocycles. The molecule has 22 heavy (non-hydrogen) atoms. The minimum atomic E-state index is 0.975. The highest BCUT2D eigenvalue weighted by Gasteiger charge is 2.15. The highest BCUT2D eigenvalue weighted by atomic mass is 32.2. The van der Waals surface area contributed by atoms with Crippen molar-refractivity contribution >= 4 is 22.9 Å². The Kier molecular flexibility index (Phi) is 3.47. The third-order valence-corrected chi connectivity index (χ3v) is 5.19. The first-order chi connectivity index (χ1) is 10.7. The van der Waals surface area contributed by atoms with Gasteiger partial charge < -0.3 is 5.32 Å². The Hall–Kier alpha value is -1.71. The first-order valence-corrected chi connectivity index (χ1v) is 8.57. The van der Waals surface area contributed by atoms with Crippen LogP contribution in [-0.4, -0.2) is 10.5 Å². The third-order valence-electron chi connectivity index (χ3n) is 4.25. The lowest BCUT2D eigenvalue weighted by Gasteiger charge is -2.08. The van der Waals surface area contributed by atoms with E-state index in [0.29, 0.717) is 0 Å². The average molecular weight is 308 g/mol. The molecule has 0 fully saturated rings. The first-order valence-electron chi connectivity index (χ1n) is 7.80. The Morgan fingerprint density at radius 3 is 2.68 bits per heavy atom. The summed E-state index contributed by atoms with van der Waals surface area (Å²) in [4.78, 5) is 1.31. The fourth-order valence-corrected chi connectivity index (χ4v) is 4.51. The van der Waals surface area contributed by atoms with Crippen molar-refractivity contribution in [3.05, 3.63) is 64.8 Å². The van der Waals surface area contributed by atoms with Gasteiger partial charge in [-0.3, -0.25) is 3.97 Å². The van der Waals surface area contributed by atoms with Gasteiger partial charge in [-0.15, -0.1) is 0 Å². The van der Waals surface area contributed by atoms with Gasteiger partial charge in [0.05, 0.1) is 5.52 Å². The molecular weight excluding hydrogens is 288 g/mol. The van der Waals surface area contributed by atoms with Crippen LogP contribution in [-0.2, 0) is 13.0 Å². The molecule has 0 radical (unpaired) electrons. The summed E-state index contributed by atoms with van der Waals surface area (Å²) in [5.74, 6) is 0. The van der Waals surface area contributed by atoms with E-state index in [0.717, 1.165) is 19.5 Å². The fraction of sp³-hybridized carbons (Fsp3) is 0.263. The maximum absolute atomic E-state index is 3.51. The summed E-state index contributed by atoms with van der Waals surface area (Å²) in [7, 11) is 0. The van der Waals surface area contributed by atoms with Gasteiger partial charge in [-0.2, -0.15) is 0 Å². The molecule has 0 bridgehead atoms. The summed E-state index contributed by atoms with van der Waals surface area (Å²) < 4.78 is 2.34. The van der Waals surface area contributed by atoms with Crippen LogP contribution in [0.5, 0.6) is 0 Å². The van der Waals surface area contributed by atoms with Crippen LogP contribution in [0.3, 0.4) is 0 Å². The Bertz CT molecular complexity index is 828. The summed E-state index contributed by atoms with van der Waals surface area (Å²) in [6.07, 6.45) is 3.43. The first kappa shape index (κ1) is 13.9. The topological polar surface area (TPSA) is 17.0 Å². The van der Waals surface area contributed by atoms with E-state index in [-0.39, 0.29) is 0 Å². The molecule has 1 aromatic heterocycles. The van der Waals surface area contributed by atoms with Crippen LogP contribution >= 0.6 is 11.9 Å². The highest BCUT2D eigenvalue weighted by Crippen LogP contribution is 2.33. The van der Waals surface area contributed by atoms with Gasteiger partial charge >= 0.3 is 0 Å². The van der Waals surface area contributed by atoms with E-state index in [1.165, 1.54) is 38.1 Å². The minimum Gasteiger partial charge on any atom is -0.312 e. The van der Waals surface area contributed by atoms with Gasteiger partial charge in [0.25, 0.3) is 0 Å².